The Morgan fingerprint density at radius 2 is 1.48 bits per heavy atom. The van der Waals surface area contributed by atoms with Crippen LogP contribution in [0.25, 0.3) is 10.8 Å². The average molecular weight is 370 g/mol. The molecule has 5 heteroatoms. The second kappa shape index (κ2) is 10.7. The Bertz CT molecular complexity index is 785. The Morgan fingerprint density at radius 1 is 0.880 bits per heavy atom. The fourth-order valence-corrected chi connectivity index (χ4v) is 3.81. The van der Waals surface area contributed by atoms with E-state index in [0.29, 0.717) is 0 Å². The predicted molar refractivity (Wildman–Crippen MR) is 98.4 cm³/mol. The third kappa shape index (κ3) is 6.37. The molecule has 0 spiro atoms. The molecule has 132 valence electrons. The summed E-state index contributed by atoms with van der Waals surface area (Å²) in [4.78, 5) is -0.104. The van der Waals surface area contributed by atoms with Gasteiger partial charge in [0.15, 0.2) is 0 Å². The van der Waals surface area contributed by atoms with Crippen LogP contribution in [-0.4, -0.2) is 13.0 Å². The minimum absolute atomic E-state index is 0. The van der Waals surface area contributed by atoms with Gasteiger partial charge in [-0.1, -0.05) is 57.7 Å². The molecular weight excluding hydrogens is 343 g/mol. The molecule has 2 rings (SSSR count). The number of aryl methyl sites for hydroxylation is 2. The molecule has 0 fully saturated rings. The van der Waals surface area contributed by atoms with E-state index in [2.05, 4.69) is 19.9 Å². The van der Waals surface area contributed by atoms with E-state index in [1.54, 1.807) is 6.07 Å². The van der Waals surface area contributed by atoms with E-state index >= 15 is 0 Å². The fourth-order valence-electron chi connectivity index (χ4n) is 3.25. The number of rotatable bonds is 9. The predicted octanol–water partition coefficient (Wildman–Crippen LogP) is 2.21. The van der Waals surface area contributed by atoms with Crippen molar-refractivity contribution in [3.05, 3.63) is 41.5 Å². The molecule has 0 bridgehead atoms. The normalized spacial score (nSPS) is 11.5. The van der Waals surface area contributed by atoms with Gasteiger partial charge in [0, 0.05) is 0 Å². The summed E-state index contributed by atoms with van der Waals surface area (Å²) >= 11 is 0. The van der Waals surface area contributed by atoms with Crippen molar-refractivity contribution in [3.63, 3.8) is 0 Å². The van der Waals surface area contributed by atoms with E-state index in [1.807, 2.05) is 12.1 Å². The molecule has 0 amide bonds. The minimum atomic E-state index is -4.43. The van der Waals surface area contributed by atoms with E-state index in [4.69, 9.17) is 0 Å². The molecule has 0 radical (unpaired) electrons. The molecule has 0 heterocycles. The van der Waals surface area contributed by atoms with Crippen molar-refractivity contribution >= 4 is 20.9 Å². The van der Waals surface area contributed by atoms with Crippen molar-refractivity contribution in [2.75, 3.05) is 0 Å². The van der Waals surface area contributed by atoms with Crippen LogP contribution in [0.15, 0.2) is 35.2 Å². The van der Waals surface area contributed by atoms with E-state index in [0.717, 1.165) is 54.9 Å². The maximum atomic E-state index is 11.5. The molecule has 3 nitrogen and oxygen atoms in total. The summed E-state index contributed by atoms with van der Waals surface area (Å²) in [5.74, 6) is 0. The molecule has 2 aromatic carbocycles. The zero-order valence-corrected chi connectivity index (χ0v) is 18.5. The van der Waals surface area contributed by atoms with Gasteiger partial charge in [-0.05, 0) is 59.7 Å². The zero-order valence-electron chi connectivity index (χ0n) is 15.7. The molecular formula is C20H27NaO3S. The number of hydrogen-bond acceptors (Lipinski definition) is 3. The molecule has 0 unspecified atom stereocenters. The van der Waals surface area contributed by atoms with E-state index < -0.39 is 10.1 Å². The van der Waals surface area contributed by atoms with E-state index in [9.17, 15) is 13.0 Å². The molecule has 0 atom stereocenters. The van der Waals surface area contributed by atoms with Gasteiger partial charge in [-0.2, -0.15) is 0 Å². The first-order chi connectivity index (χ1) is 11.5. The van der Waals surface area contributed by atoms with Crippen LogP contribution in [0.1, 0.15) is 63.5 Å². The van der Waals surface area contributed by atoms with Crippen LogP contribution < -0.4 is 29.6 Å². The topological polar surface area (TPSA) is 57.2 Å². The van der Waals surface area contributed by atoms with Gasteiger partial charge < -0.3 is 4.55 Å². The van der Waals surface area contributed by atoms with Crippen LogP contribution in [0.5, 0.6) is 0 Å². The SMILES string of the molecule is CCCCCc1cccc2cc(S(=O)(=O)[O-])cc(CCCCC)c12.[Na+]. The summed E-state index contributed by atoms with van der Waals surface area (Å²) < 4.78 is 34.5. The fraction of sp³-hybridized carbons (Fsp3) is 0.500. The van der Waals surface area contributed by atoms with Crippen LogP contribution in [-0.2, 0) is 23.0 Å². The molecule has 0 aromatic heterocycles. The monoisotopic (exact) mass is 370 g/mol. The smallest absolute Gasteiger partial charge is 0.744 e. The molecule has 0 aliphatic heterocycles. The Kier molecular flexibility index (Phi) is 9.68. The summed E-state index contributed by atoms with van der Waals surface area (Å²) in [5, 5.41) is 2.02. The molecule has 0 aliphatic rings. The minimum Gasteiger partial charge on any atom is -0.744 e. The van der Waals surface area contributed by atoms with Gasteiger partial charge in [-0.25, -0.2) is 8.42 Å². The molecule has 0 saturated heterocycles. The van der Waals surface area contributed by atoms with Gasteiger partial charge in [-0.15, -0.1) is 0 Å². The van der Waals surface area contributed by atoms with Crippen molar-refractivity contribution in [1.82, 2.24) is 0 Å². The van der Waals surface area contributed by atoms with Crippen LogP contribution in [0.3, 0.4) is 0 Å². The van der Waals surface area contributed by atoms with Crippen molar-refractivity contribution in [3.8, 4) is 0 Å². The van der Waals surface area contributed by atoms with Crippen molar-refractivity contribution in [2.24, 2.45) is 0 Å². The van der Waals surface area contributed by atoms with Crippen molar-refractivity contribution < 1.29 is 42.5 Å². The Balaban J connectivity index is 0.00000312. The molecule has 2 aromatic rings. The summed E-state index contributed by atoms with van der Waals surface area (Å²) in [5.41, 5.74) is 2.27. The number of hydrogen-bond donors (Lipinski definition) is 0. The second-order valence-electron chi connectivity index (χ2n) is 6.47. The maximum absolute atomic E-state index is 11.5. The summed E-state index contributed by atoms with van der Waals surface area (Å²) in [6, 6.07) is 9.14. The molecule has 0 aliphatic carbocycles. The average Bonchev–Trinajstić information content (AvgIpc) is 2.54. The van der Waals surface area contributed by atoms with Crippen LogP contribution >= 0.6 is 0 Å². The second-order valence-corrected chi connectivity index (χ2v) is 7.85. The third-order valence-corrected chi connectivity index (χ3v) is 5.32. The summed E-state index contributed by atoms with van der Waals surface area (Å²) in [7, 11) is -4.43. The van der Waals surface area contributed by atoms with Crippen molar-refractivity contribution in [1.29, 1.82) is 0 Å². The summed E-state index contributed by atoms with van der Waals surface area (Å²) in [6.07, 6.45) is 8.53. The first-order valence-electron chi connectivity index (χ1n) is 8.97. The number of fused-ring (bicyclic) bond motifs is 1. The first-order valence-corrected chi connectivity index (χ1v) is 10.4. The zero-order chi connectivity index (χ0) is 17.6. The quantitative estimate of drug-likeness (QED) is 0.386. The van der Waals surface area contributed by atoms with Gasteiger partial charge >= 0.3 is 29.6 Å². The van der Waals surface area contributed by atoms with E-state index in [1.165, 1.54) is 24.5 Å². The molecule has 0 N–H and O–H groups in total. The largest absolute Gasteiger partial charge is 1.00 e. The van der Waals surface area contributed by atoms with Crippen LogP contribution in [0.2, 0.25) is 0 Å². The Morgan fingerprint density at radius 3 is 2.04 bits per heavy atom. The Labute approximate surface area is 174 Å². The van der Waals surface area contributed by atoms with Gasteiger partial charge in [0.1, 0.15) is 10.1 Å². The van der Waals surface area contributed by atoms with Crippen LogP contribution in [0.4, 0.5) is 0 Å². The standard InChI is InChI=1S/C20H28O3S.Na/c1-3-5-7-10-16-12-9-13-18-15-19(24(21,22)23)14-17(20(16)18)11-8-6-4-2;/h9,12-15H,3-8,10-11H2,1-2H3,(H,21,22,23);/q;+1/p-1. The van der Waals surface area contributed by atoms with Gasteiger partial charge in [0.25, 0.3) is 0 Å². The van der Waals surface area contributed by atoms with Crippen LogP contribution in [0, 0.1) is 0 Å². The first kappa shape index (κ1) is 22.7. The number of unbranched alkanes of at least 4 members (excludes halogenated alkanes) is 4. The van der Waals surface area contributed by atoms with E-state index in [-0.39, 0.29) is 34.5 Å². The number of benzene rings is 2. The maximum Gasteiger partial charge on any atom is 1.00 e. The van der Waals surface area contributed by atoms with Crippen molar-refractivity contribution in [2.45, 2.75) is 70.1 Å². The molecule has 0 saturated carbocycles. The molecule has 25 heavy (non-hydrogen) atoms. The van der Waals surface area contributed by atoms with Gasteiger partial charge in [-0.3, -0.25) is 0 Å². The van der Waals surface area contributed by atoms with Gasteiger partial charge in [0.2, 0.25) is 0 Å². The van der Waals surface area contributed by atoms with Gasteiger partial charge in [0.05, 0.1) is 4.90 Å². The Hall–Kier alpha value is -0.390. The summed E-state index contributed by atoms with van der Waals surface area (Å²) in [6.45, 7) is 4.33. The third-order valence-electron chi connectivity index (χ3n) is 4.51.